The normalized spacial score (nSPS) is 14.3. The summed E-state index contributed by atoms with van der Waals surface area (Å²) in [6, 6.07) is 12.3. The molecule has 0 fully saturated rings. The Bertz CT molecular complexity index is 954. The van der Waals surface area contributed by atoms with Crippen molar-refractivity contribution >= 4 is 5.91 Å². The average Bonchev–Trinajstić information content (AvgIpc) is 3.19. The zero-order chi connectivity index (χ0) is 19.0. The van der Waals surface area contributed by atoms with E-state index in [9.17, 15) is 4.79 Å². The van der Waals surface area contributed by atoms with Crippen molar-refractivity contribution in [2.75, 3.05) is 13.1 Å². The van der Waals surface area contributed by atoms with Gasteiger partial charge in [0.05, 0.1) is 5.69 Å². The Kier molecular flexibility index (Phi) is 4.56. The van der Waals surface area contributed by atoms with Gasteiger partial charge >= 0.3 is 0 Å². The number of amides is 1. The Morgan fingerprint density at radius 3 is 2.59 bits per heavy atom. The molecule has 0 unspecified atom stereocenters. The maximum Gasteiger partial charge on any atom is 0.274 e. The number of aryl methyl sites for hydroxylation is 1. The second-order valence-electron chi connectivity index (χ2n) is 7.40. The molecule has 3 aromatic rings. The molecular weight excluding hydrogens is 338 g/mol. The number of fused-ring (bicyclic) bond motifs is 1. The number of H-pyrrole nitrogens is 1. The highest BCUT2D eigenvalue weighted by molar-refractivity contribution is 5.92. The second-order valence-corrected chi connectivity index (χ2v) is 7.40. The minimum absolute atomic E-state index is 0.0110. The van der Waals surface area contributed by atoms with Gasteiger partial charge in [0.25, 0.3) is 5.91 Å². The van der Waals surface area contributed by atoms with Gasteiger partial charge in [-0.25, -0.2) is 0 Å². The van der Waals surface area contributed by atoms with Crippen LogP contribution in [0, 0.1) is 6.92 Å². The van der Waals surface area contributed by atoms with Gasteiger partial charge in [-0.05, 0) is 33.3 Å². The molecule has 3 heterocycles. The molecule has 1 aliphatic heterocycles. The fourth-order valence-corrected chi connectivity index (χ4v) is 3.80. The van der Waals surface area contributed by atoms with Crippen molar-refractivity contribution in [3.05, 3.63) is 59.0 Å². The van der Waals surface area contributed by atoms with Gasteiger partial charge in [-0.1, -0.05) is 30.3 Å². The summed E-state index contributed by atoms with van der Waals surface area (Å²) >= 11 is 0. The zero-order valence-corrected chi connectivity index (χ0v) is 16.1. The predicted octanol–water partition coefficient (Wildman–Crippen LogP) is 3.40. The molecule has 0 spiro atoms. The number of nitrogens with one attached hydrogen (secondary N) is 1. The summed E-state index contributed by atoms with van der Waals surface area (Å²) in [4.78, 5) is 14.9. The lowest BCUT2D eigenvalue weighted by Gasteiger charge is -2.19. The largest absolute Gasteiger partial charge is 0.337 e. The molecule has 6 heteroatoms. The standard InChI is InChI=1S/C21H25N5O/c1-14(2)26-15(3)13-19(24-26)21(27)25-11-9-17-18(10-12-25)22-23-20(17)16-7-5-4-6-8-16/h4-8,13-14H,9-12H2,1-3H3,(H,22,23). The first-order valence-corrected chi connectivity index (χ1v) is 9.51. The first-order chi connectivity index (χ1) is 13.0. The lowest BCUT2D eigenvalue weighted by molar-refractivity contribution is 0.0755. The first-order valence-electron chi connectivity index (χ1n) is 9.51. The molecule has 0 bridgehead atoms. The third kappa shape index (κ3) is 3.27. The fraction of sp³-hybridized carbons (Fsp3) is 0.381. The Hall–Kier alpha value is -2.89. The van der Waals surface area contributed by atoms with E-state index in [1.807, 2.05) is 40.8 Å². The van der Waals surface area contributed by atoms with Gasteiger partial charge in [-0.15, -0.1) is 0 Å². The molecule has 1 amide bonds. The van der Waals surface area contributed by atoms with Crippen LogP contribution in [0.25, 0.3) is 11.3 Å². The van der Waals surface area contributed by atoms with E-state index in [2.05, 4.69) is 41.3 Å². The molecule has 6 nitrogen and oxygen atoms in total. The van der Waals surface area contributed by atoms with Gasteiger partial charge in [-0.2, -0.15) is 10.2 Å². The SMILES string of the molecule is Cc1cc(C(=O)N2CCc3[nH]nc(-c4ccccc4)c3CC2)nn1C(C)C. The van der Waals surface area contributed by atoms with Crippen LogP contribution in [0.4, 0.5) is 0 Å². The predicted molar refractivity (Wildman–Crippen MR) is 105 cm³/mol. The van der Waals surface area contributed by atoms with Crippen molar-refractivity contribution in [2.24, 2.45) is 0 Å². The van der Waals surface area contributed by atoms with Crippen LogP contribution >= 0.6 is 0 Å². The van der Waals surface area contributed by atoms with Gasteiger partial charge < -0.3 is 4.90 Å². The monoisotopic (exact) mass is 363 g/mol. The first kappa shape index (κ1) is 17.5. The average molecular weight is 363 g/mol. The molecule has 0 radical (unpaired) electrons. The number of rotatable bonds is 3. The summed E-state index contributed by atoms with van der Waals surface area (Å²) in [6.07, 6.45) is 1.58. The molecule has 1 N–H and O–H groups in total. The maximum absolute atomic E-state index is 13.0. The lowest BCUT2D eigenvalue weighted by Crippen LogP contribution is -2.33. The third-order valence-electron chi connectivity index (χ3n) is 5.18. The summed E-state index contributed by atoms with van der Waals surface area (Å²) in [5.41, 5.74) is 6.02. The maximum atomic E-state index is 13.0. The summed E-state index contributed by atoms with van der Waals surface area (Å²) in [7, 11) is 0. The van der Waals surface area contributed by atoms with Gasteiger partial charge in [0.1, 0.15) is 0 Å². The van der Waals surface area contributed by atoms with Crippen molar-refractivity contribution in [2.45, 2.75) is 39.7 Å². The molecule has 0 atom stereocenters. The quantitative estimate of drug-likeness (QED) is 0.775. The van der Waals surface area contributed by atoms with Gasteiger partial charge in [0, 0.05) is 48.1 Å². The van der Waals surface area contributed by atoms with Crippen LogP contribution in [0.3, 0.4) is 0 Å². The molecule has 140 valence electrons. The van der Waals surface area contributed by atoms with E-state index in [4.69, 9.17) is 0 Å². The van der Waals surface area contributed by atoms with Crippen LogP contribution in [0.2, 0.25) is 0 Å². The van der Waals surface area contributed by atoms with E-state index >= 15 is 0 Å². The zero-order valence-electron chi connectivity index (χ0n) is 16.1. The van der Waals surface area contributed by atoms with Crippen LogP contribution in [-0.2, 0) is 12.8 Å². The summed E-state index contributed by atoms with van der Waals surface area (Å²) in [5, 5.41) is 12.2. The topological polar surface area (TPSA) is 66.8 Å². The van der Waals surface area contributed by atoms with Crippen LogP contribution in [0.1, 0.15) is 47.3 Å². The number of nitrogens with zero attached hydrogens (tertiary/aromatic N) is 4. The van der Waals surface area contributed by atoms with E-state index in [1.54, 1.807) is 0 Å². The lowest BCUT2D eigenvalue weighted by atomic mass is 10.0. The van der Waals surface area contributed by atoms with E-state index in [-0.39, 0.29) is 11.9 Å². The number of carbonyl (C=O) groups is 1. The molecule has 1 aliphatic rings. The smallest absolute Gasteiger partial charge is 0.274 e. The van der Waals surface area contributed by atoms with Gasteiger partial charge in [0.2, 0.25) is 0 Å². The molecule has 0 aliphatic carbocycles. The fourth-order valence-electron chi connectivity index (χ4n) is 3.80. The summed E-state index contributed by atoms with van der Waals surface area (Å²) in [6.45, 7) is 7.50. The highest BCUT2D eigenvalue weighted by Gasteiger charge is 2.25. The molecule has 0 saturated heterocycles. The van der Waals surface area contributed by atoms with Crippen LogP contribution in [-0.4, -0.2) is 43.9 Å². The van der Waals surface area contributed by atoms with E-state index < -0.39 is 0 Å². The Morgan fingerprint density at radius 1 is 1.15 bits per heavy atom. The molecule has 4 rings (SSSR count). The Balaban J connectivity index is 1.55. The molecular formula is C21H25N5O. The minimum atomic E-state index is 0.0110. The number of aromatic nitrogens is 4. The number of benzene rings is 1. The summed E-state index contributed by atoms with van der Waals surface area (Å²) in [5.74, 6) is 0.0110. The van der Waals surface area contributed by atoms with E-state index in [1.165, 1.54) is 5.56 Å². The molecule has 1 aromatic carbocycles. The number of hydrogen-bond acceptors (Lipinski definition) is 3. The number of carbonyl (C=O) groups excluding carboxylic acids is 1. The van der Waals surface area contributed by atoms with E-state index in [0.29, 0.717) is 18.8 Å². The Labute approximate surface area is 159 Å². The van der Waals surface area contributed by atoms with Crippen molar-refractivity contribution in [3.63, 3.8) is 0 Å². The van der Waals surface area contributed by atoms with Crippen molar-refractivity contribution in [1.29, 1.82) is 0 Å². The number of aromatic amines is 1. The summed E-state index contributed by atoms with van der Waals surface area (Å²) < 4.78 is 1.91. The van der Waals surface area contributed by atoms with Gasteiger partial charge in [0.15, 0.2) is 5.69 Å². The number of hydrogen-bond donors (Lipinski definition) is 1. The second kappa shape index (κ2) is 7.02. The molecule has 27 heavy (non-hydrogen) atoms. The van der Waals surface area contributed by atoms with Crippen molar-refractivity contribution < 1.29 is 4.79 Å². The van der Waals surface area contributed by atoms with Crippen LogP contribution in [0.15, 0.2) is 36.4 Å². The van der Waals surface area contributed by atoms with Crippen molar-refractivity contribution in [3.8, 4) is 11.3 Å². The minimum Gasteiger partial charge on any atom is -0.337 e. The van der Waals surface area contributed by atoms with Crippen LogP contribution in [0.5, 0.6) is 0 Å². The van der Waals surface area contributed by atoms with Crippen LogP contribution < -0.4 is 0 Å². The Morgan fingerprint density at radius 2 is 1.89 bits per heavy atom. The van der Waals surface area contributed by atoms with Gasteiger partial charge in [-0.3, -0.25) is 14.6 Å². The molecule has 2 aromatic heterocycles. The highest BCUT2D eigenvalue weighted by atomic mass is 16.2. The van der Waals surface area contributed by atoms with E-state index in [0.717, 1.165) is 35.5 Å². The molecule has 0 saturated carbocycles. The van der Waals surface area contributed by atoms with Crippen molar-refractivity contribution in [1.82, 2.24) is 24.9 Å². The highest BCUT2D eigenvalue weighted by Crippen LogP contribution is 2.27. The third-order valence-corrected chi connectivity index (χ3v) is 5.18.